The molecule has 0 aliphatic carbocycles. The Bertz CT molecular complexity index is 1130. The van der Waals surface area contributed by atoms with Gasteiger partial charge in [0.1, 0.15) is 5.82 Å². The Hall–Kier alpha value is -2.52. The molecule has 9 heteroatoms. The van der Waals surface area contributed by atoms with Crippen LogP contribution >= 0.6 is 11.3 Å². The molecule has 0 unspecified atom stereocenters. The van der Waals surface area contributed by atoms with E-state index < -0.39 is 21.7 Å². The van der Waals surface area contributed by atoms with Crippen molar-refractivity contribution in [3.05, 3.63) is 63.5 Å². The molecule has 1 heterocycles. The monoisotopic (exact) mass is 380 g/mol. The number of hydrogen-bond donors (Lipinski definition) is 1. The van der Waals surface area contributed by atoms with Gasteiger partial charge in [-0.25, -0.2) is 17.5 Å². The van der Waals surface area contributed by atoms with Gasteiger partial charge >= 0.3 is 4.87 Å². The molecule has 130 valence electrons. The number of carbonyl (C=O) groups is 1. The molecule has 25 heavy (non-hydrogen) atoms. The standard InChI is InChI=1S/C16H13FN2O4S2/c1-19-13-6-5-12(9-14(13)24-16(19)21)25(22,23)18-15(20)8-10-3-2-4-11(17)7-10/h2-7,9H,8H2,1H3,(H,18,20). The summed E-state index contributed by atoms with van der Waals surface area (Å²) >= 11 is 0.921. The van der Waals surface area contributed by atoms with Crippen molar-refractivity contribution in [2.45, 2.75) is 11.3 Å². The normalized spacial score (nSPS) is 11.6. The van der Waals surface area contributed by atoms with Crippen LogP contribution in [0.1, 0.15) is 5.56 Å². The molecule has 0 bridgehead atoms. The predicted molar refractivity (Wildman–Crippen MR) is 92.5 cm³/mol. The Morgan fingerprint density at radius 3 is 2.72 bits per heavy atom. The quantitative estimate of drug-likeness (QED) is 0.748. The molecule has 0 saturated heterocycles. The van der Waals surface area contributed by atoms with E-state index in [1.807, 2.05) is 4.72 Å². The second-order valence-corrected chi connectivity index (χ2v) is 8.07. The molecule has 0 aliphatic rings. The zero-order chi connectivity index (χ0) is 18.2. The first-order valence-electron chi connectivity index (χ1n) is 7.16. The van der Waals surface area contributed by atoms with E-state index in [0.717, 1.165) is 11.3 Å². The zero-order valence-electron chi connectivity index (χ0n) is 13.0. The smallest absolute Gasteiger partial charge is 0.302 e. The molecular weight excluding hydrogens is 367 g/mol. The lowest BCUT2D eigenvalue weighted by Gasteiger charge is -2.07. The molecule has 1 N–H and O–H groups in total. The van der Waals surface area contributed by atoms with E-state index >= 15 is 0 Å². The summed E-state index contributed by atoms with van der Waals surface area (Å²) in [4.78, 5) is 23.3. The largest absolute Gasteiger partial charge is 0.307 e. The van der Waals surface area contributed by atoms with Crippen molar-refractivity contribution in [3.63, 3.8) is 0 Å². The minimum atomic E-state index is -4.08. The van der Waals surface area contributed by atoms with Crippen LogP contribution in [0.15, 0.2) is 52.2 Å². The number of aromatic nitrogens is 1. The number of thiazole rings is 1. The van der Waals surface area contributed by atoms with Gasteiger partial charge in [-0.15, -0.1) is 0 Å². The first-order valence-corrected chi connectivity index (χ1v) is 9.46. The van der Waals surface area contributed by atoms with Gasteiger partial charge in [0.15, 0.2) is 0 Å². The Balaban J connectivity index is 1.84. The van der Waals surface area contributed by atoms with Crippen molar-refractivity contribution in [2.24, 2.45) is 7.05 Å². The number of rotatable bonds is 4. The highest BCUT2D eigenvalue weighted by Crippen LogP contribution is 2.21. The number of sulfonamides is 1. The molecule has 1 aromatic heterocycles. The SMILES string of the molecule is Cn1c(=O)sc2cc(S(=O)(=O)NC(=O)Cc3cccc(F)c3)ccc21. The lowest BCUT2D eigenvalue weighted by atomic mass is 10.1. The summed E-state index contributed by atoms with van der Waals surface area (Å²) in [5.41, 5.74) is 0.976. The third-order valence-electron chi connectivity index (χ3n) is 3.58. The topological polar surface area (TPSA) is 85.2 Å². The fourth-order valence-electron chi connectivity index (χ4n) is 2.36. The van der Waals surface area contributed by atoms with Gasteiger partial charge in [-0.1, -0.05) is 23.5 Å². The van der Waals surface area contributed by atoms with E-state index in [2.05, 4.69) is 0 Å². The van der Waals surface area contributed by atoms with E-state index in [-0.39, 0.29) is 16.2 Å². The molecule has 3 aromatic rings. The summed E-state index contributed by atoms with van der Waals surface area (Å²) in [6, 6.07) is 9.56. The van der Waals surface area contributed by atoms with Crippen LogP contribution in [0.3, 0.4) is 0 Å². The maximum atomic E-state index is 13.1. The molecular formula is C16H13FN2O4S2. The Labute approximate surface area is 146 Å². The third-order valence-corrected chi connectivity index (χ3v) is 5.94. The van der Waals surface area contributed by atoms with Crippen LogP contribution in [0.5, 0.6) is 0 Å². The van der Waals surface area contributed by atoms with Crippen LogP contribution in [-0.2, 0) is 28.3 Å². The molecule has 0 saturated carbocycles. The van der Waals surface area contributed by atoms with Gasteiger partial charge in [-0.05, 0) is 35.9 Å². The Morgan fingerprint density at radius 2 is 2.00 bits per heavy atom. The number of nitrogens with zero attached hydrogens (tertiary/aromatic N) is 1. The van der Waals surface area contributed by atoms with Crippen molar-refractivity contribution >= 4 is 37.5 Å². The van der Waals surface area contributed by atoms with Gasteiger partial charge in [0.25, 0.3) is 10.0 Å². The van der Waals surface area contributed by atoms with Crippen LogP contribution in [0.4, 0.5) is 4.39 Å². The molecule has 0 fully saturated rings. The molecule has 0 atom stereocenters. The number of halogens is 1. The minimum absolute atomic E-state index is 0.116. The number of hydrogen-bond acceptors (Lipinski definition) is 5. The predicted octanol–water partition coefficient (Wildman–Crippen LogP) is 1.79. The number of benzene rings is 2. The average molecular weight is 380 g/mol. The highest BCUT2D eigenvalue weighted by Gasteiger charge is 2.19. The van der Waals surface area contributed by atoms with E-state index in [0.29, 0.717) is 15.8 Å². The van der Waals surface area contributed by atoms with Crippen molar-refractivity contribution in [1.82, 2.24) is 9.29 Å². The summed E-state index contributed by atoms with van der Waals surface area (Å²) in [6.45, 7) is 0. The van der Waals surface area contributed by atoms with Crippen LogP contribution in [-0.4, -0.2) is 18.9 Å². The van der Waals surface area contributed by atoms with Gasteiger partial charge < -0.3 is 4.57 Å². The summed E-state index contributed by atoms with van der Waals surface area (Å²) in [5, 5.41) is 0. The lowest BCUT2D eigenvalue weighted by Crippen LogP contribution is -2.31. The molecule has 3 rings (SSSR count). The van der Waals surface area contributed by atoms with E-state index in [1.165, 1.54) is 47.0 Å². The average Bonchev–Trinajstić information content (AvgIpc) is 2.81. The van der Waals surface area contributed by atoms with Crippen molar-refractivity contribution in [1.29, 1.82) is 0 Å². The van der Waals surface area contributed by atoms with Gasteiger partial charge in [0, 0.05) is 7.05 Å². The number of carbonyl (C=O) groups excluding carboxylic acids is 1. The highest BCUT2D eigenvalue weighted by atomic mass is 32.2. The molecule has 1 amide bonds. The minimum Gasteiger partial charge on any atom is -0.302 e. The second-order valence-electron chi connectivity index (χ2n) is 5.39. The van der Waals surface area contributed by atoms with Crippen molar-refractivity contribution < 1.29 is 17.6 Å². The number of nitrogens with one attached hydrogen (secondary N) is 1. The van der Waals surface area contributed by atoms with Gasteiger partial charge in [-0.2, -0.15) is 0 Å². The van der Waals surface area contributed by atoms with Crippen LogP contribution in [0, 0.1) is 5.82 Å². The Kier molecular flexibility index (Phi) is 4.44. The second kappa shape index (κ2) is 6.41. The first-order chi connectivity index (χ1) is 11.8. The van der Waals surface area contributed by atoms with Gasteiger partial charge in [0.2, 0.25) is 5.91 Å². The van der Waals surface area contributed by atoms with E-state index in [4.69, 9.17) is 0 Å². The van der Waals surface area contributed by atoms with Crippen molar-refractivity contribution in [2.75, 3.05) is 0 Å². The van der Waals surface area contributed by atoms with Crippen molar-refractivity contribution in [3.8, 4) is 0 Å². The summed E-state index contributed by atoms with van der Waals surface area (Å²) in [6.07, 6.45) is -0.266. The third kappa shape index (κ3) is 3.62. The summed E-state index contributed by atoms with van der Waals surface area (Å²) in [7, 11) is -2.49. The molecule has 0 radical (unpaired) electrons. The summed E-state index contributed by atoms with van der Waals surface area (Å²) in [5.74, 6) is -1.27. The maximum Gasteiger partial charge on any atom is 0.307 e. The molecule has 0 aliphatic heterocycles. The zero-order valence-corrected chi connectivity index (χ0v) is 14.7. The van der Waals surface area contributed by atoms with Gasteiger partial charge in [0.05, 0.1) is 21.5 Å². The van der Waals surface area contributed by atoms with Crippen LogP contribution < -0.4 is 9.60 Å². The fourth-order valence-corrected chi connectivity index (χ4v) is 4.36. The number of amides is 1. The van der Waals surface area contributed by atoms with Gasteiger partial charge in [-0.3, -0.25) is 9.59 Å². The van der Waals surface area contributed by atoms with E-state index in [1.54, 1.807) is 7.05 Å². The van der Waals surface area contributed by atoms with E-state index in [9.17, 15) is 22.4 Å². The molecule has 2 aromatic carbocycles. The maximum absolute atomic E-state index is 13.1. The first kappa shape index (κ1) is 17.3. The molecule has 6 nitrogen and oxygen atoms in total. The highest BCUT2D eigenvalue weighted by molar-refractivity contribution is 7.90. The molecule has 0 spiro atoms. The summed E-state index contributed by atoms with van der Waals surface area (Å²) < 4.78 is 41.7. The Morgan fingerprint density at radius 1 is 1.24 bits per heavy atom. The van der Waals surface area contributed by atoms with Crippen LogP contribution in [0.2, 0.25) is 0 Å². The number of aryl methyl sites for hydroxylation is 1. The van der Waals surface area contributed by atoms with Crippen LogP contribution in [0.25, 0.3) is 10.2 Å². The number of fused-ring (bicyclic) bond motifs is 1. The lowest BCUT2D eigenvalue weighted by molar-refractivity contribution is -0.118. The fraction of sp³-hybridized carbons (Fsp3) is 0.125.